The zero-order valence-corrected chi connectivity index (χ0v) is 14.0. The average molecular weight is 330 g/mol. The molecule has 2 rings (SSSR count). The van der Waals surface area contributed by atoms with E-state index in [2.05, 4.69) is 9.47 Å². The number of pyridine rings is 2. The Morgan fingerprint density at radius 1 is 0.750 bits per heavy atom. The Hall–Kier alpha value is -2.76. The van der Waals surface area contributed by atoms with Gasteiger partial charge in [-0.05, 0) is 11.1 Å². The molecule has 0 atom stereocenters. The largest absolute Gasteiger partial charge is 0.469 e. The highest BCUT2D eigenvalue weighted by molar-refractivity contribution is 5.69. The molecular formula is C18H22N2O4+2. The van der Waals surface area contributed by atoms with Gasteiger partial charge >= 0.3 is 11.9 Å². The van der Waals surface area contributed by atoms with E-state index in [1.165, 1.54) is 14.2 Å². The number of nitrogens with zero attached hydrogens (tertiary/aromatic N) is 2. The number of rotatable bonds is 7. The molecule has 0 saturated heterocycles. The molecule has 2 heterocycles. The summed E-state index contributed by atoms with van der Waals surface area (Å²) in [7, 11) is 2.78. The molecule has 6 nitrogen and oxygen atoms in total. The number of hydrogen-bond acceptors (Lipinski definition) is 4. The van der Waals surface area contributed by atoms with E-state index in [4.69, 9.17) is 0 Å². The lowest BCUT2D eigenvalue weighted by Crippen LogP contribution is -2.34. The fourth-order valence-corrected chi connectivity index (χ4v) is 2.24. The van der Waals surface area contributed by atoms with Crippen LogP contribution in [0.1, 0.15) is 12.8 Å². The summed E-state index contributed by atoms with van der Waals surface area (Å²) in [5.74, 6) is -0.433. The van der Waals surface area contributed by atoms with Crippen molar-refractivity contribution in [2.75, 3.05) is 14.2 Å². The van der Waals surface area contributed by atoms with Crippen molar-refractivity contribution in [2.45, 2.75) is 25.9 Å². The number of esters is 2. The molecule has 0 aliphatic carbocycles. The van der Waals surface area contributed by atoms with Crippen LogP contribution in [0.15, 0.2) is 49.1 Å². The van der Waals surface area contributed by atoms with Gasteiger partial charge in [0.2, 0.25) is 0 Å². The Kier molecular flexibility index (Phi) is 6.42. The predicted molar refractivity (Wildman–Crippen MR) is 85.5 cm³/mol. The third-order valence-electron chi connectivity index (χ3n) is 3.72. The van der Waals surface area contributed by atoms with E-state index in [1.807, 2.05) is 58.2 Å². The summed E-state index contributed by atoms with van der Waals surface area (Å²) in [4.78, 5) is 22.3. The zero-order chi connectivity index (χ0) is 17.4. The highest BCUT2D eigenvalue weighted by Crippen LogP contribution is 2.15. The van der Waals surface area contributed by atoms with Gasteiger partial charge < -0.3 is 9.47 Å². The molecule has 0 aromatic carbocycles. The van der Waals surface area contributed by atoms with Crippen LogP contribution in [0, 0.1) is 0 Å². The molecular weight excluding hydrogens is 308 g/mol. The number of methoxy groups -OCH3 is 2. The second-order valence-electron chi connectivity index (χ2n) is 5.30. The molecule has 0 unspecified atom stereocenters. The fourth-order valence-electron chi connectivity index (χ4n) is 2.24. The molecule has 0 amide bonds. The van der Waals surface area contributed by atoms with Crippen LogP contribution in [0.3, 0.4) is 0 Å². The summed E-state index contributed by atoms with van der Waals surface area (Å²) in [6.45, 7) is 1.19. The molecule has 0 aliphatic heterocycles. The molecule has 0 N–H and O–H groups in total. The van der Waals surface area contributed by atoms with E-state index < -0.39 is 0 Å². The molecule has 24 heavy (non-hydrogen) atoms. The van der Waals surface area contributed by atoms with Crippen molar-refractivity contribution in [3.8, 4) is 11.1 Å². The van der Waals surface area contributed by atoms with Crippen LogP contribution in [-0.4, -0.2) is 26.2 Å². The Labute approximate surface area is 141 Å². The molecule has 2 aromatic heterocycles. The highest BCUT2D eigenvalue weighted by Gasteiger charge is 2.09. The maximum Gasteiger partial charge on any atom is 0.311 e. The summed E-state index contributed by atoms with van der Waals surface area (Å²) in [5, 5.41) is 0. The Balaban J connectivity index is 1.96. The summed E-state index contributed by atoms with van der Waals surface area (Å²) in [6.07, 6.45) is 8.47. The lowest BCUT2D eigenvalue weighted by Gasteiger charge is -2.02. The van der Waals surface area contributed by atoms with Gasteiger partial charge in [0.05, 0.1) is 14.2 Å². The first-order valence-electron chi connectivity index (χ1n) is 7.74. The summed E-state index contributed by atoms with van der Waals surface area (Å²) < 4.78 is 13.2. The van der Waals surface area contributed by atoms with Crippen molar-refractivity contribution in [2.24, 2.45) is 0 Å². The molecule has 0 saturated carbocycles. The molecule has 0 fully saturated rings. The standard InChI is InChI=1S/C18H22N2O4/c1-23-17(21)7-13-19-9-3-15(4-10-19)16-5-11-20(12-6-16)14-8-18(22)24-2/h3-6,9-12H,7-8,13-14H2,1-2H3/q+2. The Morgan fingerprint density at radius 2 is 1.08 bits per heavy atom. The van der Waals surface area contributed by atoms with Crippen LogP contribution in [0.25, 0.3) is 11.1 Å². The quantitative estimate of drug-likeness (QED) is 0.562. The third-order valence-corrected chi connectivity index (χ3v) is 3.72. The zero-order valence-electron chi connectivity index (χ0n) is 14.0. The topological polar surface area (TPSA) is 60.4 Å². The van der Waals surface area contributed by atoms with Crippen molar-refractivity contribution < 1.29 is 28.2 Å². The fraction of sp³-hybridized carbons (Fsp3) is 0.333. The van der Waals surface area contributed by atoms with Crippen molar-refractivity contribution in [1.29, 1.82) is 0 Å². The minimum absolute atomic E-state index is 0.217. The molecule has 0 radical (unpaired) electrons. The SMILES string of the molecule is COC(=O)CC[n+]1ccc(-c2cc[n+](CCC(=O)OC)cc2)cc1. The van der Waals surface area contributed by atoms with Gasteiger partial charge in [0.25, 0.3) is 0 Å². The number of aryl methyl sites for hydroxylation is 2. The maximum atomic E-state index is 11.2. The summed E-state index contributed by atoms with van der Waals surface area (Å²) in [5.41, 5.74) is 2.17. The van der Waals surface area contributed by atoms with Gasteiger partial charge in [-0.1, -0.05) is 0 Å². The molecule has 0 spiro atoms. The van der Waals surface area contributed by atoms with Gasteiger partial charge in [-0.3, -0.25) is 9.59 Å². The monoisotopic (exact) mass is 330 g/mol. The number of carbonyl (C=O) groups excluding carboxylic acids is 2. The minimum Gasteiger partial charge on any atom is -0.469 e. The van der Waals surface area contributed by atoms with Crippen LogP contribution in [0.4, 0.5) is 0 Å². The number of ether oxygens (including phenoxy) is 2. The maximum absolute atomic E-state index is 11.2. The van der Waals surface area contributed by atoms with E-state index in [1.54, 1.807) is 0 Å². The lowest BCUT2D eigenvalue weighted by molar-refractivity contribution is -0.696. The van der Waals surface area contributed by atoms with E-state index in [0.717, 1.165) is 11.1 Å². The van der Waals surface area contributed by atoms with Crippen molar-refractivity contribution >= 4 is 11.9 Å². The second-order valence-corrected chi connectivity index (χ2v) is 5.30. The van der Waals surface area contributed by atoms with Crippen molar-refractivity contribution in [3.05, 3.63) is 49.1 Å². The van der Waals surface area contributed by atoms with Crippen LogP contribution < -0.4 is 9.13 Å². The first-order valence-corrected chi connectivity index (χ1v) is 7.74. The average Bonchev–Trinajstić information content (AvgIpc) is 2.65. The first kappa shape index (κ1) is 17.6. The molecule has 126 valence electrons. The van der Waals surface area contributed by atoms with E-state index >= 15 is 0 Å². The normalized spacial score (nSPS) is 10.2. The van der Waals surface area contributed by atoms with Gasteiger partial charge in [-0.15, -0.1) is 0 Å². The first-order chi connectivity index (χ1) is 11.6. The predicted octanol–water partition coefficient (Wildman–Crippen LogP) is 1.05. The van der Waals surface area contributed by atoms with Gasteiger partial charge in [0, 0.05) is 24.3 Å². The number of aromatic nitrogens is 2. The van der Waals surface area contributed by atoms with Crippen molar-refractivity contribution in [3.63, 3.8) is 0 Å². The minimum atomic E-state index is -0.217. The van der Waals surface area contributed by atoms with E-state index in [0.29, 0.717) is 25.9 Å². The molecule has 0 bridgehead atoms. The third kappa shape index (κ3) is 5.15. The molecule has 0 aliphatic rings. The van der Waals surface area contributed by atoms with E-state index in [-0.39, 0.29) is 11.9 Å². The van der Waals surface area contributed by atoms with Gasteiger partial charge in [0.1, 0.15) is 12.8 Å². The van der Waals surface area contributed by atoms with Crippen LogP contribution in [0.2, 0.25) is 0 Å². The Bertz CT molecular complexity index is 620. The molecule has 6 heteroatoms. The lowest BCUT2D eigenvalue weighted by atomic mass is 10.1. The Morgan fingerprint density at radius 3 is 1.38 bits per heavy atom. The smallest absolute Gasteiger partial charge is 0.311 e. The van der Waals surface area contributed by atoms with Crippen molar-refractivity contribution in [1.82, 2.24) is 0 Å². The highest BCUT2D eigenvalue weighted by atomic mass is 16.5. The van der Waals surface area contributed by atoms with Crippen LogP contribution in [0.5, 0.6) is 0 Å². The number of hydrogen-bond donors (Lipinski definition) is 0. The van der Waals surface area contributed by atoms with Gasteiger partial charge in [-0.25, -0.2) is 9.13 Å². The number of carbonyl (C=O) groups is 2. The molecule has 2 aromatic rings. The van der Waals surface area contributed by atoms with Gasteiger partial charge in [0.15, 0.2) is 37.9 Å². The summed E-state index contributed by atoms with van der Waals surface area (Å²) >= 11 is 0. The van der Waals surface area contributed by atoms with Crippen LogP contribution in [-0.2, 0) is 32.2 Å². The second kappa shape index (κ2) is 8.76. The van der Waals surface area contributed by atoms with Gasteiger partial charge in [-0.2, -0.15) is 0 Å². The van der Waals surface area contributed by atoms with Crippen LogP contribution >= 0.6 is 0 Å². The summed E-state index contributed by atoms with van der Waals surface area (Å²) in [6, 6.07) is 8.02. The van der Waals surface area contributed by atoms with E-state index in [9.17, 15) is 9.59 Å².